The van der Waals surface area contributed by atoms with E-state index in [4.69, 9.17) is 5.26 Å². The van der Waals surface area contributed by atoms with Crippen LogP contribution in [0.15, 0.2) is 42.5 Å². The highest BCUT2D eigenvalue weighted by Crippen LogP contribution is 2.23. The standard InChI is InChI=1S/C16H12FN3/c17-13-6-2-1-5-12(13)16-19-14-8-7-11(4-3-9-18)10-15(14)20-16/h1-2,5-8,10H,3-4H2,(H,19,20). The molecule has 0 atom stereocenters. The van der Waals surface area contributed by atoms with E-state index in [0.29, 0.717) is 24.2 Å². The number of hydrogen-bond acceptors (Lipinski definition) is 2. The van der Waals surface area contributed by atoms with E-state index in [2.05, 4.69) is 16.0 Å². The molecule has 20 heavy (non-hydrogen) atoms. The summed E-state index contributed by atoms with van der Waals surface area (Å²) < 4.78 is 13.8. The van der Waals surface area contributed by atoms with Gasteiger partial charge in [-0.1, -0.05) is 18.2 Å². The molecule has 0 saturated carbocycles. The Kier molecular flexibility index (Phi) is 3.18. The van der Waals surface area contributed by atoms with Crippen LogP contribution in [-0.2, 0) is 6.42 Å². The maximum absolute atomic E-state index is 13.8. The Hall–Kier alpha value is -2.67. The molecule has 3 nitrogen and oxygen atoms in total. The molecule has 0 fully saturated rings. The van der Waals surface area contributed by atoms with Gasteiger partial charge in [-0.25, -0.2) is 9.37 Å². The number of fused-ring (bicyclic) bond motifs is 1. The predicted molar refractivity (Wildman–Crippen MR) is 75.4 cm³/mol. The van der Waals surface area contributed by atoms with Crippen molar-refractivity contribution in [1.82, 2.24) is 9.97 Å². The Labute approximate surface area is 115 Å². The summed E-state index contributed by atoms with van der Waals surface area (Å²) in [4.78, 5) is 7.54. The lowest BCUT2D eigenvalue weighted by molar-refractivity contribution is 0.630. The molecule has 0 aliphatic heterocycles. The quantitative estimate of drug-likeness (QED) is 0.782. The fourth-order valence-electron chi connectivity index (χ4n) is 2.19. The molecular weight excluding hydrogens is 253 g/mol. The van der Waals surface area contributed by atoms with Crippen LogP contribution in [0.4, 0.5) is 4.39 Å². The van der Waals surface area contributed by atoms with Gasteiger partial charge in [-0.2, -0.15) is 5.26 Å². The number of halogens is 1. The average molecular weight is 265 g/mol. The zero-order chi connectivity index (χ0) is 13.9. The Morgan fingerprint density at radius 2 is 2.05 bits per heavy atom. The summed E-state index contributed by atoms with van der Waals surface area (Å²) >= 11 is 0. The van der Waals surface area contributed by atoms with E-state index in [9.17, 15) is 4.39 Å². The molecule has 1 aromatic heterocycles. The van der Waals surface area contributed by atoms with Gasteiger partial charge in [0, 0.05) is 6.42 Å². The summed E-state index contributed by atoms with van der Waals surface area (Å²) in [6.45, 7) is 0. The number of nitrogens with zero attached hydrogens (tertiary/aromatic N) is 2. The van der Waals surface area contributed by atoms with Gasteiger partial charge in [0.2, 0.25) is 0 Å². The van der Waals surface area contributed by atoms with Gasteiger partial charge in [-0.15, -0.1) is 0 Å². The molecule has 0 bridgehead atoms. The van der Waals surface area contributed by atoms with E-state index in [1.54, 1.807) is 18.2 Å². The second kappa shape index (κ2) is 5.14. The van der Waals surface area contributed by atoms with Crippen LogP contribution in [-0.4, -0.2) is 9.97 Å². The summed E-state index contributed by atoms with van der Waals surface area (Å²) in [6.07, 6.45) is 1.19. The van der Waals surface area contributed by atoms with Crippen molar-refractivity contribution in [2.24, 2.45) is 0 Å². The van der Waals surface area contributed by atoms with E-state index < -0.39 is 0 Å². The molecule has 0 aliphatic rings. The van der Waals surface area contributed by atoms with Crippen LogP contribution in [0, 0.1) is 17.1 Å². The highest BCUT2D eigenvalue weighted by Gasteiger charge is 2.09. The molecule has 3 rings (SSSR count). The molecule has 1 heterocycles. The number of nitrogens with one attached hydrogen (secondary N) is 1. The smallest absolute Gasteiger partial charge is 0.141 e. The second-order valence-corrected chi connectivity index (χ2v) is 4.57. The van der Waals surface area contributed by atoms with Gasteiger partial charge >= 0.3 is 0 Å². The van der Waals surface area contributed by atoms with Crippen LogP contribution in [0.5, 0.6) is 0 Å². The van der Waals surface area contributed by atoms with Gasteiger partial charge in [0.05, 0.1) is 22.7 Å². The van der Waals surface area contributed by atoms with Crippen molar-refractivity contribution < 1.29 is 4.39 Å². The van der Waals surface area contributed by atoms with Crippen LogP contribution in [0.25, 0.3) is 22.4 Å². The van der Waals surface area contributed by atoms with Crippen molar-refractivity contribution >= 4 is 11.0 Å². The molecule has 4 heteroatoms. The molecule has 0 spiro atoms. The van der Waals surface area contributed by atoms with Crippen molar-refractivity contribution in [3.8, 4) is 17.5 Å². The van der Waals surface area contributed by atoms with Crippen LogP contribution in [0.3, 0.4) is 0 Å². The van der Waals surface area contributed by atoms with E-state index in [-0.39, 0.29) is 5.82 Å². The van der Waals surface area contributed by atoms with E-state index >= 15 is 0 Å². The molecule has 1 N–H and O–H groups in total. The van der Waals surface area contributed by atoms with Gasteiger partial charge in [0.1, 0.15) is 11.6 Å². The predicted octanol–water partition coefficient (Wildman–Crippen LogP) is 3.83. The molecule has 0 radical (unpaired) electrons. The fraction of sp³-hybridized carbons (Fsp3) is 0.125. The highest BCUT2D eigenvalue weighted by molar-refractivity contribution is 5.80. The number of benzene rings is 2. The van der Waals surface area contributed by atoms with Crippen LogP contribution in [0.2, 0.25) is 0 Å². The van der Waals surface area contributed by atoms with Gasteiger partial charge in [-0.05, 0) is 36.2 Å². The van der Waals surface area contributed by atoms with Crippen LogP contribution < -0.4 is 0 Å². The Bertz CT molecular complexity index is 799. The molecule has 0 saturated heterocycles. The minimum atomic E-state index is -0.295. The molecule has 0 unspecified atom stereocenters. The number of nitriles is 1. The van der Waals surface area contributed by atoms with Gasteiger partial charge in [0.15, 0.2) is 0 Å². The number of H-pyrrole nitrogens is 1. The van der Waals surface area contributed by atoms with Crippen molar-refractivity contribution in [2.45, 2.75) is 12.8 Å². The average Bonchev–Trinajstić information content (AvgIpc) is 2.88. The third-order valence-corrected chi connectivity index (χ3v) is 3.20. The van der Waals surface area contributed by atoms with Crippen molar-refractivity contribution in [1.29, 1.82) is 5.26 Å². The Morgan fingerprint density at radius 3 is 2.85 bits per heavy atom. The zero-order valence-corrected chi connectivity index (χ0v) is 10.7. The molecular formula is C16H12FN3. The number of aryl methyl sites for hydroxylation is 1. The summed E-state index contributed by atoms with van der Waals surface area (Å²) in [5.74, 6) is 0.229. The topological polar surface area (TPSA) is 52.5 Å². The number of aromatic nitrogens is 2. The Balaban J connectivity index is 2.03. The van der Waals surface area contributed by atoms with Crippen LogP contribution >= 0.6 is 0 Å². The fourth-order valence-corrected chi connectivity index (χ4v) is 2.19. The summed E-state index contributed by atoms with van der Waals surface area (Å²) in [7, 11) is 0. The van der Waals surface area contributed by atoms with Gasteiger partial charge in [-0.3, -0.25) is 0 Å². The lowest BCUT2D eigenvalue weighted by atomic mass is 10.1. The first kappa shape index (κ1) is 12.4. The maximum atomic E-state index is 13.8. The minimum absolute atomic E-state index is 0.295. The summed E-state index contributed by atoms with van der Waals surface area (Å²) in [6, 6.07) is 14.5. The van der Waals surface area contributed by atoms with E-state index in [1.807, 2.05) is 18.2 Å². The minimum Gasteiger partial charge on any atom is -0.338 e. The SMILES string of the molecule is N#CCCc1ccc2nc(-c3ccccc3F)[nH]c2c1. The second-order valence-electron chi connectivity index (χ2n) is 4.57. The lowest BCUT2D eigenvalue weighted by Gasteiger charge is -1.97. The molecule has 2 aromatic carbocycles. The van der Waals surface area contributed by atoms with Gasteiger partial charge in [0.25, 0.3) is 0 Å². The largest absolute Gasteiger partial charge is 0.338 e. The van der Waals surface area contributed by atoms with Crippen molar-refractivity contribution in [3.63, 3.8) is 0 Å². The number of aromatic amines is 1. The first-order valence-electron chi connectivity index (χ1n) is 6.38. The third kappa shape index (κ3) is 2.26. The van der Waals surface area contributed by atoms with Crippen molar-refractivity contribution in [2.75, 3.05) is 0 Å². The summed E-state index contributed by atoms with van der Waals surface area (Å²) in [5, 5.41) is 8.61. The van der Waals surface area contributed by atoms with Crippen LogP contribution in [0.1, 0.15) is 12.0 Å². The number of rotatable bonds is 3. The molecule has 0 amide bonds. The van der Waals surface area contributed by atoms with E-state index in [1.165, 1.54) is 6.07 Å². The monoisotopic (exact) mass is 265 g/mol. The maximum Gasteiger partial charge on any atom is 0.141 e. The third-order valence-electron chi connectivity index (χ3n) is 3.20. The summed E-state index contributed by atoms with van der Waals surface area (Å²) in [5.41, 5.74) is 3.19. The van der Waals surface area contributed by atoms with E-state index in [0.717, 1.165) is 16.6 Å². The number of imidazole rings is 1. The lowest BCUT2D eigenvalue weighted by Crippen LogP contribution is -1.84. The molecule has 98 valence electrons. The first-order valence-corrected chi connectivity index (χ1v) is 6.38. The van der Waals surface area contributed by atoms with Crippen molar-refractivity contribution in [3.05, 3.63) is 53.8 Å². The highest BCUT2D eigenvalue weighted by atomic mass is 19.1. The normalized spacial score (nSPS) is 10.6. The molecule has 0 aliphatic carbocycles. The molecule has 3 aromatic rings. The zero-order valence-electron chi connectivity index (χ0n) is 10.7. The van der Waals surface area contributed by atoms with Gasteiger partial charge < -0.3 is 4.98 Å². The first-order chi connectivity index (χ1) is 9.78. The Morgan fingerprint density at radius 1 is 1.20 bits per heavy atom. The number of hydrogen-bond donors (Lipinski definition) is 1.